The molecule has 2 aromatic rings. The normalized spacial score (nSPS) is 12.5. The predicted octanol–water partition coefficient (Wildman–Crippen LogP) is 2.11. The standard InChI is InChI=1S/C16H17NO2.C6H9N3O/c1-12-4-6-13(7-5-12)14-8-9-16(19-11-18)15(10-14)17(2)3;7-1-2-9-6(10)5-3-8-4-5/h4-11H,1-3H3;5,8H,2-4H2,(H,9,10). The van der Waals surface area contributed by atoms with Gasteiger partial charge in [0, 0.05) is 27.2 Å². The lowest BCUT2D eigenvalue weighted by Gasteiger charge is -2.25. The smallest absolute Gasteiger partial charge is 0.298 e. The van der Waals surface area contributed by atoms with Gasteiger partial charge in [-0.05, 0) is 30.2 Å². The minimum absolute atomic E-state index is 0.0136. The molecule has 0 spiro atoms. The van der Waals surface area contributed by atoms with Crippen LogP contribution >= 0.6 is 0 Å². The Labute approximate surface area is 171 Å². The number of nitrogens with one attached hydrogen (secondary N) is 2. The van der Waals surface area contributed by atoms with E-state index in [4.69, 9.17) is 10.00 Å². The van der Waals surface area contributed by atoms with Crippen molar-refractivity contribution >= 4 is 18.1 Å². The summed E-state index contributed by atoms with van der Waals surface area (Å²) in [6.07, 6.45) is 0. The molecular weight excluding hydrogens is 368 g/mol. The van der Waals surface area contributed by atoms with Gasteiger partial charge in [0.15, 0.2) is 5.75 Å². The number of amides is 1. The van der Waals surface area contributed by atoms with Crippen molar-refractivity contribution in [3.8, 4) is 22.9 Å². The first kappa shape index (κ1) is 21.9. The first-order valence-corrected chi connectivity index (χ1v) is 9.30. The molecule has 152 valence electrons. The van der Waals surface area contributed by atoms with Crippen LogP contribution < -0.4 is 20.3 Å². The zero-order chi connectivity index (χ0) is 21.2. The predicted molar refractivity (Wildman–Crippen MR) is 113 cm³/mol. The first-order chi connectivity index (χ1) is 14.0. The number of hydrogen-bond donors (Lipinski definition) is 2. The van der Waals surface area contributed by atoms with Gasteiger partial charge >= 0.3 is 0 Å². The molecule has 1 heterocycles. The fraction of sp³-hybridized carbons (Fsp3) is 0.318. The molecule has 29 heavy (non-hydrogen) atoms. The van der Waals surface area contributed by atoms with Crippen molar-refractivity contribution in [2.45, 2.75) is 6.92 Å². The largest absolute Gasteiger partial charge is 0.427 e. The summed E-state index contributed by atoms with van der Waals surface area (Å²) in [7, 11) is 3.85. The van der Waals surface area contributed by atoms with Gasteiger partial charge in [-0.1, -0.05) is 35.9 Å². The summed E-state index contributed by atoms with van der Waals surface area (Å²) in [4.78, 5) is 23.3. The highest BCUT2D eigenvalue weighted by molar-refractivity contribution is 5.80. The van der Waals surface area contributed by atoms with E-state index in [9.17, 15) is 9.59 Å². The molecule has 0 unspecified atom stereocenters. The second kappa shape index (κ2) is 10.8. The summed E-state index contributed by atoms with van der Waals surface area (Å²) < 4.78 is 4.99. The third-order valence-electron chi connectivity index (χ3n) is 4.49. The second-order valence-electron chi connectivity index (χ2n) is 6.89. The van der Waals surface area contributed by atoms with Crippen molar-refractivity contribution < 1.29 is 14.3 Å². The van der Waals surface area contributed by atoms with E-state index in [2.05, 4.69) is 41.8 Å². The molecule has 7 nitrogen and oxygen atoms in total. The highest BCUT2D eigenvalue weighted by Gasteiger charge is 2.23. The Morgan fingerprint density at radius 1 is 1.24 bits per heavy atom. The van der Waals surface area contributed by atoms with Crippen LogP contribution in [0.15, 0.2) is 42.5 Å². The minimum Gasteiger partial charge on any atom is -0.427 e. The van der Waals surface area contributed by atoms with Crippen LogP contribution in [-0.4, -0.2) is 46.1 Å². The van der Waals surface area contributed by atoms with Crippen molar-refractivity contribution in [2.75, 3.05) is 38.6 Å². The summed E-state index contributed by atoms with van der Waals surface area (Å²) in [6.45, 7) is 4.13. The SMILES string of the molecule is Cc1ccc(-c2ccc(OC=O)c(N(C)C)c2)cc1.N#CCNC(=O)C1CNC1. The van der Waals surface area contributed by atoms with Gasteiger partial charge in [0.2, 0.25) is 5.91 Å². The lowest BCUT2D eigenvalue weighted by atomic mass is 10.0. The van der Waals surface area contributed by atoms with Crippen LogP contribution in [0.5, 0.6) is 5.75 Å². The molecule has 0 radical (unpaired) electrons. The minimum atomic E-state index is -0.0136. The van der Waals surface area contributed by atoms with E-state index < -0.39 is 0 Å². The van der Waals surface area contributed by atoms with Crippen LogP contribution in [0, 0.1) is 24.2 Å². The van der Waals surface area contributed by atoms with E-state index in [-0.39, 0.29) is 18.4 Å². The maximum atomic E-state index is 10.9. The molecule has 0 aliphatic carbocycles. The molecule has 2 N–H and O–H groups in total. The number of carbonyl (C=O) groups is 2. The number of carbonyl (C=O) groups excluding carboxylic acids is 2. The Morgan fingerprint density at radius 3 is 2.41 bits per heavy atom. The first-order valence-electron chi connectivity index (χ1n) is 9.30. The molecule has 3 rings (SSSR count). The van der Waals surface area contributed by atoms with Crippen molar-refractivity contribution in [1.82, 2.24) is 10.6 Å². The number of hydrogen-bond acceptors (Lipinski definition) is 6. The molecular formula is C22H26N4O3. The van der Waals surface area contributed by atoms with Gasteiger partial charge in [0.1, 0.15) is 6.54 Å². The Balaban J connectivity index is 0.000000253. The number of aryl methyl sites for hydroxylation is 1. The van der Waals surface area contributed by atoms with Gasteiger partial charge in [0.05, 0.1) is 17.7 Å². The average Bonchev–Trinajstić information content (AvgIpc) is 2.66. The van der Waals surface area contributed by atoms with Gasteiger partial charge in [0.25, 0.3) is 6.47 Å². The number of ether oxygens (including phenoxy) is 1. The quantitative estimate of drug-likeness (QED) is 0.576. The van der Waals surface area contributed by atoms with Crippen molar-refractivity contribution in [3.63, 3.8) is 0 Å². The van der Waals surface area contributed by atoms with Crippen LogP contribution in [0.25, 0.3) is 11.1 Å². The monoisotopic (exact) mass is 394 g/mol. The molecule has 2 aromatic carbocycles. The number of rotatable bonds is 6. The van der Waals surface area contributed by atoms with Gasteiger partial charge in [-0.15, -0.1) is 0 Å². The van der Waals surface area contributed by atoms with Gasteiger partial charge < -0.3 is 20.3 Å². The lowest BCUT2D eigenvalue weighted by molar-refractivity contribution is -0.126. The van der Waals surface area contributed by atoms with Crippen molar-refractivity contribution in [2.24, 2.45) is 5.92 Å². The highest BCUT2D eigenvalue weighted by atomic mass is 16.5. The summed E-state index contributed by atoms with van der Waals surface area (Å²) in [5.74, 6) is 0.643. The Morgan fingerprint density at radius 2 is 1.90 bits per heavy atom. The summed E-state index contributed by atoms with van der Waals surface area (Å²) in [5.41, 5.74) is 4.36. The second-order valence-corrected chi connectivity index (χ2v) is 6.89. The Kier molecular flexibility index (Phi) is 8.19. The fourth-order valence-corrected chi connectivity index (χ4v) is 2.69. The van der Waals surface area contributed by atoms with Crippen LogP contribution in [0.3, 0.4) is 0 Å². The number of nitriles is 1. The lowest BCUT2D eigenvalue weighted by Crippen LogP contribution is -2.50. The third-order valence-corrected chi connectivity index (χ3v) is 4.49. The molecule has 1 aliphatic heterocycles. The average molecular weight is 394 g/mol. The summed E-state index contributed by atoms with van der Waals surface area (Å²) >= 11 is 0. The fourth-order valence-electron chi connectivity index (χ4n) is 2.69. The molecule has 0 saturated carbocycles. The van der Waals surface area contributed by atoms with Crippen molar-refractivity contribution in [3.05, 3.63) is 48.0 Å². The maximum absolute atomic E-state index is 10.9. The maximum Gasteiger partial charge on any atom is 0.298 e. The topological polar surface area (TPSA) is 94.5 Å². The molecule has 1 amide bonds. The van der Waals surface area contributed by atoms with Crippen LogP contribution in [0.4, 0.5) is 5.69 Å². The van der Waals surface area contributed by atoms with Crippen molar-refractivity contribution in [1.29, 1.82) is 5.26 Å². The number of nitrogens with zero attached hydrogens (tertiary/aromatic N) is 2. The molecule has 0 bridgehead atoms. The third kappa shape index (κ3) is 6.33. The van der Waals surface area contributed by atoms with Crippen LogP contribution in [0.2, 0.25) is 0 Å². The van der Waals surface area contributed by atoms with E-state index >= 15 is 0 Å². The zero-order valence-electron chi connectivity index (χ0n) is 16.9. The Hall–Kier alpha value is -3.37. The van der Waals surface area contributed by atoms with Crippen LogP contribution in [0.1, 0.15) is 5.56 Å². The zero-order valence-corrected chi connectivity index (χ0v) is 16.9. The summed E-state index contributed by atoms with van der Waals surface area (Å²) in [5, 5.41) is 13.6. The van der Waals surface area contributed by atoms with E-state index in [1.807, 2.05) is 43.3 Å². The highest BCUT2D eigenvalue weighted by Crippen LogP contribution is 2.32. The van der Waals surface area contributed by atoms with E-state index in [0.717, 1.165) is 29.9 Å². The van der Waals surface area contributed by atoms with E-state index in [1.165, 1.54) is 5.56 Å². The summed E-state index contributed by atoms with van der Waals surface area (Å²) in [6, 6.07) is 16.0. The molecule has 0 aromatic heterocycles. The van der Waals surface area contributed by atoms with Gasteiger partial charge in [-0.3, -0.25) is 9.59 Å². The molecule has 7 heteroatoms. The Bertz CT molecular complexity index is 869. The number of benzene rings is 2. The van der Waals surface area contributed by atoms with Gasteiger partial charge in [-0.25, -0.2) is 0 Å². The molecule has 1 saturated heterocycles. The van der Waals surface area contributed by atoms with Crippen LogP contribution in [-0.2, 0) is 9.59 Å². The molecule has 1 aliphatic rings. The van der Waals surface area contributed by atoms with Gasteiger partial charge in [-0.2, -0.15) is 5.26 Å². The molecule has 1 fully saturated rings. The van der Waals surface area contributed by atoms with E-state index in [1.54, 1.807) is 0 Å². The number of anilines is 1. The molecule has 0 atom stereocenters. The van der Waals surface area contributed by atoms with E-state index in [0.29, 0.717) is 12.2 Å².